The van der Waals surface area contributed by atoms with Gasteiger partial charge in [-0.15, -0.1) is 0 Å². The second-order valence-electron chi connectivity index (χ2n) is 6.92. The molecule has 0 aliphatic carbocycles. The van der Waals surface area contributed by atoms with Crippen molar-refractivity contribution in [2.75, 3.05) is 5.32 Å². The van der Waals surface area contributed by atoms with Gasteiger partial charge in [0.2, 0.25) is 0 Å². The van der Waals surface area contributed by atoms with Crippen molar-refractivity contribution in [1.29, 1.82) is 0 Å². The molecule has 118 valence electrons. The maximum atomic E-state index is 13.4. The summed E-state index contributed by atoms with van der Waals surface area (Å²) in [6, 6.07) is 4.26. The summed E-state index contributed by atoms with van der Waals surface area (Å²) in [6.45, 7) is 9.18. The van der Waals surface area contributed by atoms with E-state index in [9.17, 15) is 9.18 Å². The lowest BCUT2D eigenvalue weighted by molar-refractivity contribution is 0.0635. The van der Waals surface area contributed by atoms with Crippen LogP contribution in [-0.4, -0.2) is 17.2 Å². The fraction of sp³-hybridized carbons (Fsp3) is 0.562. The van der Waals surface area contributed by atoms with Crippen molar-refractivity contribution < 1.29 is 13.9 Å². The van der Waals surface area contributed by atoms with E-state index in [1.165, 1.54) is 18.2 Å². The molecule has 21 heavy (non-hydrogen) atoms. The Labute approximate surface area is 125 Å². The smallest absolute Gasteiger partial charge is 0.412 e. The van der Waals surface area contributed by atoms with Crippen LogP contribution in [0.1, 0.15) is 46.6 Å². The summed E-state index contributed by atoms with van der Waals surface area (Å²) in [6.07, 6.45) is 0.702. The summed E-state index contributed by atoms with van der Waals surface area (Å²) < 4.78 is 18.6. The van der Waals surface area contributed by atoms with Crippen LogP contribution in [0.15, 0.2) is 18.2 Å². The van der Waals surface area contributed by atoms with Gasteiger partial charge in [-0.25, -0.2) is 9.18 Å². The normalized spacial score (nSPS) is 12.1. The molecule has 0 aliphatic heterocycles. The minimum Gasteiger partial charge on any atom is -0.444 e. The molecule has 0 saturated carbocycles. The molecule has 1 aromatic rings. The molecule has 0 aliphatic rings. The molecule has 1 aromatic carbocycles. The maximum absolute atomic E-state index is 13.4. The fourth-order valence-corrected chi connectivity index (χ4v) is 1.76. The van der Waals surface area contributed by atoms with Crippen LogP contribution in [0.3, 0.4) is 0 Å². The molecule has 1 amide bonds. The number of aryl methyl sites for hydroxylation is 1. The van der Waals surface area contributed by atoms with Crippen LogP contribution >= 0.6 is 0 Å². The van der Waals surface area contributed by atoms with Crippen molar-refractivity contribution in [3.05, 3.63) is 29.6 Å². The van der Waals surface area contributed by atoms with E-state index in [2.05, 4.69) is 5.32 Å². The van der Waals surface area contributed by atoms with E-state index in [0.29, 0.717) is 24.1 Å². The predicted octanol–water partition coefficient (Wildman–Crippen LogP) is 3.84. The highest BCUT2D eigenvalue weighted by molar-refractivity contribution is 5.85. The Balaban J connectivity index is 2.84. The number of benzene rings is 1. The lowest BCUT2D eigenvalue weighted by Gasteiger charge is -2.22. The number of halogens is 1. The van der Waals surface area contributed by atoms with E-state index >= 15 is 0 Å². The number of anilines is 1. The number of carbonyl (C=O) groups is 1. The van der Waals surface area contributed by atoms with Crippen molar-refractivity contribution in [2.45, 2.75) is 58.6 Å². The van der Waals surface area contributed by atoms with Crippen LogP contribution in [0, 0.1) is 5.82 Å². The Morgan fingerprint density at radius 3 is 2.43 bits per heavy atom. The average Bonchev–Trinajstić information content (AvgIpc) is 2.26. The van der Waals surface area contributed by atoms with Crippen LogP contribution < -0.4 is 11.1 Å². The molecule has 0 radical (unpaired) electrons. The molecule has 0 atom stereocenters. The molecule has 0 unspecified atom stereocenters. The molecule has 0 fully saturated rings. The van der Waals surface area contributed by atoms with Gasteiger partial charge in [-0.2, -0.15) is 0 Å². The Kier molecular flexibility index (Phi) is 5.34. The zero-order valence-electron chi connectivity index (χ0n) is 13.4. The molecule has 0 saturated heterocycles. The number of carbonyl (C=O) groups excluding carboxylic acids is 1. The monoisotopic (exact) mass is 296 g/mol. The number of hydrogen-bond donors (Lipinski definition) is 2. The van der Waals surface area contributed by atoms with Crippen LogP contribution in [-0.2, 0) is 11.2 Å². The van der Waals surface area contributed by atoms with Crippen molar-refractivity contribution in [3.8, 4) is 0 Å². The summed E-state index contributed by atoms with van der Waals surface area (Å²) in [5, 5.41) is 2.66. The summed E-state index contributed by atoms with van der Waals surface area (Å²) >= 11 is 0. The highest BCUT2D eigenvalue weighted by Gasteiger charge is 2.18. The van der Waals surface area contributed by atoms with Gasteiger partial charge in [0.05, 0.1) is 0 Å². The average molecular weight is 296 g/mol. The first-order valence-corrected chi connectivity index (χ1v) is 7.04. The third-order valence-electron chi connectivity index (χ3n) is 2.74. The van der Waals surface area contributed by atoms with E-state index in [1.54, 1.807) is 20.8 Å². The molecule has 3 N–H and O–H groups in total. The van der Waals surface area contributed by atoms with E-state index in [-0.39, 0.29) is 11.4 Å². The topological polar surface area (TPSA) is 64.3 Å². The third-order valence-corrected chi connectivity index (χ3v) is 2.74. The molecular formula is C16H25FN2O2. The van der Waals surface area contributed by atoms with Crippen molar-refractivity contribution in [1.82, 2.24) is 0 Å². The Hall–Kier alpha value is -1.62. The molecule has 0 heterocycles. The molecule has 1 rings (SSSR count). The van der Waals surface area contributed by atoms with E-state index in [0.717, 1.165) is 0 Å². The van der Waals surface area contributed by atoms with E-state index in [1.807, 2.05) is 13.8 Å². The number of rotatable bonds is 4. The van der Waals surface area contributed by atoms with Crippen LogP contribution in [0.5, 0.6) is 0 Å². The second-order valence-corrected chi connectivity index (χ2v) is 6.92. The van der Waals surface area contributed by atoms with Crippen LogP contribution in [0.4, 0.5) is 14.9 Å². The SMILES string of the molecule is CC(C)(N)CCc1cc(F)ccc1NC(=O)OC(C)(C)C. The van der Waals surface area contributed by atoms with Crippen LogP contribution in [0.25, 0.3) is 0 Å². The van der Waals surface area contributed by atoms with Crippen molar-refractivity contribution >= 4 is 11.8 Å². The third kappa shape index (κ3) is 7.09. The van der Waals surface area contributed by atoms with Crippen LogP contribution in [0.2, 0.25) is 0 Å². The van der Waals surface area contributed by atoms with Crippen molar-refractivity contribution in [3.63, 3.8) is 0 Å². The number of ether oxygens (including phenoxy) is 1. The summed E-state index contributed by atoms with van der Waals surface area (Å²) in [7, 11) is 0. The number of hydrogen-bond acceptors (Lipinski definition) is 3. The lowest BCUT2D eigenvalue weighted by atomic mass is 9.96. The molecule has 5 heteroatoms. The maximum Gasteiger partial charge on any atom is 0.412 e. The zero-order chi connectivity index (χ0) is 16.3. The Bertz CT molecular complexity index is 502. The standard InChI is InChI=1S/C16H25FN2O2/c1-15(2,3)21-14(20)19-13-7-6-12(17)10-11(13)8-9-16(4,5)18/h6-7,10H,8-9,18H2,1-5H3,(H,19,20). The highest BCUT2D eigenvalue weighted by atomic mass is 19.1. The molecule has 0 bridgehead atoms. The van der Waals surface area contributed by atoms with Gasteiger partial charge in [-0.3, -0.25) is 5.32 Å². The minimum atomic E-state index is -0.580. The van der Waals surface area contributed by atoms with E-state index in [4.69, 9.17) is 10.5 Å². The summed E-state index contributed by atoms with van der Waals surface area (Å²) in [4.78, 5) is 11.8. The van der Waals surface area contributed by atoms with Gasteiger partial charge in [0.1, 0.15) is 11.4 Å². The summed E-state index contributed by atoms with van der Waals surface area (Å²) in [5.74, 6) is -0.338. The van der Waals surface area contributed by atoms with Crippen molar-refractivity contribution in [2.24, 2.45) is 5.73 Å². The largest absolute Gasteiger partial charge is 0.444 e. The number of nitrogens with one attached hydrogen (secondary N) is 1. The quantitative estimate of drug-likeness (QED) is 0.887. The molecule has 0 aromatic heterocycles. The van der Waals surface area contributed by atoms with Gasteiger partial charge in [0.25, 0.3) is 0 Å². The van der Waals surface area contributed by atoms with Gasteiger partial charge < -0.3 is 10.5 Å². The molecule has 4 nitrogen and oxygen atoms in total. The molecular weight excluding hydrogens is 271 g/mol. The Morgan fingerprint density at radius 2 is 1.90 bits per heavy atom. The summed E-state index contributed by atoms with van der Waals surface area (Å²) in [5.41, 5.74) is 6.28. The van der Waals surface area contributed by atoms with Gasteiger partial charge in [0, 0.05) is 11.2 Å². The van der Waals surface area contributed by atoms with Gasteiger partial charge in [0.15, 0.2) is 0 Å². The Morgan fingerprint density at radius 1 is 1.29 bits per heavy atom. The minimum absolute atomic E-state index is 0.338. The predicted molar refractivity (Wildman–Crippen MR) is 82.8 cm³/mol. The highest BCUT2D eigenvalue weighted by Crippen LogP contribution is 2.22. The first-order chi connectivity index (χ1) is 9.46. The van der Waals surface area contributed by atoms with E-state index < -0.39 is 11.7 Å². The lowest BCUT2D eigenvalue weighted by Crippen LogP contribution is -2.32. The fourth-order valence-electron chi connectivity index (χ4n) is 1.76. The van der Waals surface area contributed by atoms with Gasteiger partial charge in [-0.1, -0.05) is 0 Å². The van der Waals surface area contributed by atoms with Gasteiger partial charge in [-0.05, 0) is 71.2 Å². The first kappa shape index (κ1) is 17.4. The first-order valence-electron chi connectivity index (χ1n) is 7.04. The number of nitrogens with two attached hydrogens (primary N) is 1. The number of amides is 1. The zero-order valence-corrected chi connectivity index (χ0v) is 13.4. The molecule has 0 spiro atoms. The second kappa shape index (κ2) is 6.43. The van der Waals surface area contributed by atoms with Gasteiger partial charge >= 0.3 is 6.09 Å².